The lowest BCUT2D eigenvalue weighted by atomic mass is 10.1. The van der Waals surface area contributed by atoms with Crippen molar-refractivity contribution in [1.82, 2.24) is 10.0 Å². The van der Waals surface area contributed by atoms with E-state index in [9.17, 15) is 18.0 Å². The molecule has 1 amide bonds. The van der Waals surface area contributed by atoms with Gasteiger partial charge in [-0.05, 0) is 37.1 Å². The van der Waals surface area contributed by atoms with Crippen molar-refractivity contribution in [1.29, 1.82) is 0 Å². The summed E-state index contributed by atoms with van der Waals surface area (Å²) >= 11 is 0. The molecule has 0 spiro atoms. The van der Waals surface area contributed by atoms with Crippen LogP contribution in [0.1, 0.15) is 41.8 Å². The van der Waals surface area contributed by atoms with Crippen molar-refractivity contribution in [2.75, 3.05) is 6.54 Å². The summed E-state index contributed by atoms with van der Waals surface area (Å²) in [5, 5.41) is 2.85. The van der Waals surface area contributed by atoms with E-state index in [4.69, 9.17) is 4.74 Å². The first-order valence-corrected chi connectivity index (χ1v) is 10.5. The van der Waals surface area contributed by atoms with E-state index in [1.54, 1.807) is 31.2 Å². The van der Waals surface area contributed by atoms with Gasteiger partial charge in [-0.25, -0.2) is 17.9 Å². The van der Waals surface area contributed by atoms with E-state index in [2.05, 4.69) is 10.0 Å². The number of benzene rings is 2. The first-order chi connectivity index (χ1) is 13.4. The van der Waals surface area contributed by atoms with Gasteiger partial charge in [-0.3, -0.25) is 4.79 Å². The molecule has 1 saturated carbocycles. The van der Waals surface area contributed by atoms with E-state index < -0.39 is 22.1 Å². The van der Waals surface area contributed by atoms with Gasteiger partial charge in [0.2, 0.25) is 16.1 Å². The van der Waals surface area contributed by atoms with E-state index in [0.29, 0.717) is 5.56 Å². The fourth-order valence-electron chi connectivity index (χ4n) is 2.62. The van der Waals surface area contributed by atoms with Crippen molar-refractivity contribution in [3.8, 4) is 0 Å². The highest BCUT2D eigenvalue weighted by molar-refractivity contribution is 7.89. The topological polar surface area (TPSA) is 102 Å². The zero-order valence-corrected chi connectivity index (χ0v) is 16.2. The van der Waals surface area contributed by atoms with Gasteiger partial charge >= 0.3 is 5.97 Å². The summed E-state index contributed by atoms with van der Waals surface area (Å²) in [4.78, 5) is 25.1. The molecule has 148 valence electrons. The molecule has 2 aromatic rings. The van der Waals surface area contributed by atoms with Crippen LogP contribution in [0.5, 0.6) is 0 Å². The second-order valence-electron chi connectivity index (χ2n) is 6.50. The summed E-state index contributed by atoms with van der Waals surface area (Å²) in [6.07, 6.45) is 0.769. The van der Waals surface area contributed by atoms with Crippen LogP contribution < -0.4 is 10.0 Å². The quantitative estimate of drug-likeness (QED) is 0.659. The summed E-state index contributed by atoms with van der Waals surface area (Å²) in [5.41, 5.74) is 0.732. The molecule has 0 unspecified atom stereocenters. The number of ether oxygens (including phenoxy) is 1. The smallest absolute Gasteiger partial charge is 0.339 e. The predicted molar refractivity (Wildman–Crippen MR) is 103 cm³/mol. The zero-order chi connectivity index (χ0) is 20.1. The molecule has 3 rings (SSSR count). The van der Waals surface area contributed by atoms with Gasteiger partial charge in [-0.15, -0.1) is 0 Å². The van der Waals surface area contributed by atoms with Gasteiger partial charge in [0.1, 0.15) is 0 Å². The van der Waals surface area contributed by atoms with Crippen LogP contribution in [0.25, 0.3) is 0 Å². The molecule has 7 nitrogen and oxygen atoms in total. The molecule has 8 heteroatoms. The number of carbonyl (C=O) groups excluding carboxylic acids is 2. The maximum absolute atomic E-state index is 12.6. The normalized spacial score (nSPS) is 14.9. The average molecular weight is 402 g/mol. The Bertz CT molecular complexity index is 938. The fourth-order valence-corrected chi connectivity index (χ4v) is 3.67. The molecule has 28 heavy (non-hydrogen) atoms. The maximum Gasteiger partial charge on any atom is 0.339 e. The van der Waals surface area contributed by atoms with Gasteiger partial charge in [0, 0.05) is 18.2 Å². The molecular formula is C20H22N2O5S. The number of nitrogens with one attached hydrogen (secondary N) is 2. The average Bonchev–Trinajstić information content (AvgIpc) is 3.50. The summed E-state index contributed by atoms with van der Waals surface area (Å²) in [7, 11) is -3.61. The van der Waals surface area contributed by atoms with Crippen LogP contribution in [0.15, 0.2) is 59.5 Å². The number of esters is 1. The second kappa shape index (κ2) is 8.53. The number of hydrogen-bond acceptors (Lipinski definition) is 5. The Hall–Kier alpha value is -2.71. The van der Waals surface area contributed by atoms with Gasteiger partial charge in [0.05, 0.1) is 10.5 Å². The number of carbonyl (C=O) groups is 2. The van der Waals surface area contributed by atoms with E-state index in [-0.39, 0.29) is 29.0 Å². The molecule has 0 heterocycles. The molecule has 0 saturated heterocycles. The highest BCUT2D eigenvalue weighted by Gasteiger charge is 2.31. The highest BCUT2D eigenvalue weighted by Crippen LogP contribution is 2.24. The molecule has 2 aromatic carbocycles. The minimum atomic E-state index is -3.61. The molecule has 2 N–H and O–H groups in total. The Kier molecular flexibility index (Phi) is 6.11. The van der Waals surface area contributed by atoms with Crippen molar-refractivity contribution in [2.45, 2.75) is 36.8 Å². The molecule has 1 fully saturated rings. The summed E-state index contributed by atoms with van der Waals surface area (Å²) in [6, 6.07) is 14.3. The van der Waals surface area contributed by atoms with E-state index in [1.807, 2.05) is 6.07 Å². The third-order valence-electron chi connectivity index (χ3n) is 4.22. The van der Waals surface area contributed by atoms with Crippen LogP contribution in [-0.4, -0.2) is 32.9 Å². The van der Waals surface area contributed by atoms with Gasteiger partial charge < -0.3 is 10.1 Å². The van der Waals surface area contributed by atoms with E-state index in [1.165, 1.54) is 24.3 Å². The molecule has 1 atom stereocenters. The minimum absolute atomic E-state index is 0.0528. The van der Waals surface area contributed by atoms with Crippen LogP contribution in [0.4, 0.5) is 0 Å². The molecule has 0 aromatic heterocycles. The van der Waals surface area contributed by atoms with Crippen LogP contribution in [-0.2, 0) is 19.6 Å². The first kappa shape index (κ1) is 20.0. The van der Waals surface area contributed by atoms with E-state index >= 15 is 0 Å². The van der Waals surface area contributed by atoms with Gasteiger partial charge in [0.15, 0.2) is 0 Å². The lowest BCUT2D eigenvalue weighted by Crippen LogP contribution is -2.33. The van der Waals surface area contributed by atoms with Gasteiger partial charge in [0.25, 0.3) is 5.91 Å². The Morgan fingerprint density at radius 1 is 1.07 bits per heavy atom. The van der Waals surface area contributed by atoms with Crippen molar-refractivity contribution in [2.24, 2.45) is 0 Å². The zero-order valence-electron chi connectivity index (χ0n) is 15.4. The Balaban J connectivity index is 1.77. The highest BCUT2D eigenvalue weighted by atomic mass is 32.2. The SMILES string of the molecule is CCNS(=O)(=O)c1ccc(C(=O)O[C@@H](C(=O)NC2CC2)c2ccccc2)cc1. The summed E-state index contributed by atoms with van der Waals surface area (Å²) < 4.78 is 31.8. The lowest BCUT2D eigenvalue weighted by molar-refractivity contribution is -0.130. The number of sulfonamides is 1. The molecule has 0 bridgehead atoms. The molecule has 0 radical (unpaired) electrons. The Morgan fingerprint density at radius 3 is 2.29 bits per heavy atom. The number of rotatable bonds is 8. The predicted octanol–water partition coefficient (Wildman–Crippen LogP) is 2.16. The van der Waals surface area contributed by atoms with Crippen LogP contribution in [0, 0.1) is 0 Å². The Labute approximate surface area is 164 Å². The van der Waals surface area contributed by atoms with Crippen molar-refractivity contribution < 1.29 is 22.7 Å². The van der Waals surface area contributed by atoms with Crippen LogP contribution in [0.2, 0.25) is 0 Å². The monoisotopic (exact) mass is 402 g/mol. The van der Waals surface area contributed by atoms with Crippen molar-refractivity contribution in [3.63, 3.8) is 0 Å². The lowest BCUT2D eigenvalue weighted by Gasteiger charge is -2.18. The Morgan fingerprint density at radius 2 is 1.71 bits per heavy atom. The largest absolute Gasteiger partial charge is 0.444 e. The van der Waals surface area contributed by atoms with Gasteiger partial charge in [-0.1, -0.05) is 37.3 Å². The molecule has 1 aliphatic rings. The van der Waals surface area contributed by atoms with Crippen LogP contribution in [0.3, 0.4) is 0 Å². The summed E-state index contributed by atoms with van der Waals surface area (Å²) in [5.74, 6) is -1.07. The van der Waals surface area contributed by atoms with Crippen molar-refractivity contribution in [3.05, 3.63) is 65.7 Å². The molecule has 1 aliphatic carbocycles. The maximum atomic E-state index is 12.6. The minimum Gasteiger partial charge on any atom is -0.444 e. The van der Waals surface area contributed by atoms with Crippen LogP contribution >= 0.6 is 0 Å². The molecule has 0 aliphatic heterocycles. The fraction of sp³-hybridized carbons (Fsp3) is 0.300. The number of amides is 1. The standard InChI is InChI=1S/C20H22N2O5S/c1-2-21-28(25,26)17-12-8-15(9-13-17)20(24)27-18(14-6-4-3-5-7-14)19(23)22-16-10-11-16/h3-9,12-13,16,18,21H,2,10-11H2,1H3,(H,22,23)/t18-/m1/s1. The summed E-state index contributed by atoms with van der Waals surface area (Å²) in [6.45, 7) is 1.95. The number of hydrogen-bond donors (Lipinski definition) is 2. The third-order valence-corrected chi connectivity index (χ3v) is 5.79. The second-order valence-corrected chi connectivity index (χ2v) is 8.27. The van der Waals surface area contributed by atoms with Crippen molar-refractivity contribution >= 4 is 21.9 Å². The van der Waals surface area contributed by atoms with Gasteiger partial charge in [-0.2, -0.15) is 0 Å². The molecular weight excluding hydrogens is 380 g/mol. The third kappa shape index (κ3) is 4.96. The first-order valence-electron chi connectivity index (χ1n) is 9.06. The van der Waals surface area contributed by atoms with E-state index in [0.717, 1.165) is 12.8 Å².